The number of carbonyl (C=O) groups excluding carboxylic acids is 1. The number of nitrogens with zero attached hydrogens (tertiary/aromatic N) is 2. The third kappa shape index (κ3) is 5.15. The maximum atomic E-state index is 12.7. The van der Waals surface area contributed by atoms with Gasteiger partial charge in [-0.2, -0.15) is 0 Å². The Kier molecular flexibility index (Phi) is 6.79. The van der Waals surface area contributed by atoms with Gasteiger partial charge in [-0.05, 0) is 49.5 Å². The number of amides is 1. The number of likely N-dealkylation sites (tertiary alicyclic amines) is 1. The van der Waals surface area contributed by atoms with Crippen molar-refractivity contribution in [2.75, 3.05) is 19.6 Å². The minimum Gasteiger partial charge on any atom is -0.355 e. The van der Waals surface area contributed by atoms with Crippen molar-refractivity contribution in [2.24, 2.45) is 0 Å². The standard InChI is InChI=1S/C22H24BrN3O2S/c23-17-9-7-16(8-10-17)20-14-18(25-28-20)22(27)24-15-19(21-6-5-13-29-21)26-11-3-1-2-4-12-26/h5-10,13-14,19H,1-4,11-12,15H2,(H,24,27)/t19-/m1/s1. The van der Waals surface area contributed by atoms with E-state index in [1.54, 1.807) is 17.4 Å². The highest BCUT2D eigenvalue weighted by Crippen LogP contribution is 2.27. The maximum absolute atomic E-state index is 12.7. The minimum absolute atomic E-state index is 0.200. The first-order valence-corrected chi connectivity index (χ1v) is 11.7. The molecule has 1 fully saturated rings. The van der Waals surface area contributed by atoms with Gasteiger partial charge in [-0.1, -0.05) is 52.1 Å². The highest BCUT2D eigenvalue weighted by Gasteiger charge is 2.24. The monoisotopic (exact) mass is 473 g/mol. The summed E-state index contributed by atoms with van der Waals surface area (Å²) >= 11 is 5.17. The van der Waals surface area contributed by atoms with Gasteiger partial charge >= 0.3 is 0 Å². The molecule has 1 amide bonds. The Balaban J connectivity index is 1.43. The quantitative estimate of drug-likeness (QED) is 0.512. The molecule has 7 heteroatoms. The number of benzene rings is 1. The van der Waals surface area contributed by atoms with Crippen LogP contribution in [-0.2, 0) is 0 Å². The van der Waals surface area contributed by atoms with E-state index in [0.29, 0.717) is 18.0 Å². The Morgan fingerprint density at radius 1 is 1.17 bits per heavy atom. The summed E-state index contributed by atoms with van der Waals surface area (Å²) < 4.78 is 6.38. The van der Waals surface area contributed by atoms with E-state index in [9.17, 15) is 4.79 Å². The normalized spacial score (nSPS) is 16.3. The number of hydrogen-bond donors (Lipinski definition) is 1. The zero-order valence-corrected chi connectivity index (χ0v) is 18.5. The van der Waals surface area contributed by atoms with E-state index in [2.05, 4.69) is 48.8 Å². The summed E-state index contributed by atoms with van der Waals surface area (Å²) in [6.07, 6.45) is 5.01. The summed E-state index contributed by atoms with van der Waals surface area (Å²) in [7, 11) is 0. The van der Waals surface area contributed by atoms with Crippen LogP contribution in [0, 0.1) is 0 Å². The van der Waals surface area contributed by atoms with Gasteiger partial charge in [-0.15, -0.1) is 11.3 Å². The molecule has 0 bridgehead atoms. The van der Waals surface area contributed by atoms with Crippen LogP contribution in [0.15, 0.2) is 56.8 Å². The van der Waals surface area contributed by atoms with Crippen LogP contribution in [0.25, 0.3) is 11.3 Å². The topological polar surface area (TPSA) is 58.4 Å². The lowest BCUT2D eigenvalue weighted by Crippen LogP contribution is -2.38. The van der Waals surface area contributed by atoms with Crippen LogP contribution in [0.5, 0.6) is 0 Å². The van der Waals surface area contributed by atoms with Crippen molar-refractivity contribution in [1.29, 1.82) is 0 Å². The molecule has 152 valence electrons. The number of thiophene rings is 1. The minimum atomic E-state index is -0.200. The first-order valence-electron chi connectivity index (χ1n) is 9.99. The second-order valence-corrected chi connectivity index (χ2v) is 9.17. The molecular weight excluding hydrogens is 450 g/mol. The van der Waals surface area contributed by atoms with Gasteiger partial charge in [0.15, 0.2) is 11.5 Å². The van der Waals surface area contributed by atoms with Crippen LogP contribution in [0.1, 0.15) is 47.1 Å². The van der Waals surface area contributed by atoms with Gasteiger partial charge in [0, 0.05) is 27.5 Å². The van der Waals surface area contributed by atoms with Crippen LogP contribution in [0.3, 0.4) is 0 Å². The molecular formula is C22H24BrN3O2S. The van der Waals surface area contributed by atoms with Gasteiger partial charge in [0.1, 0.15) is 0 Å². The average molecular weight is 474 g/mol. The molecule has 4 rings (SSSR count). The number of hydrogen-bond acceptors (Lipinski definition) is 5. The molecule has 5 nitrogen and oxygen atoms in total. The van der Waals surface area contributed by atoms with E-state index in [-0.39, 0.29) is 11.9 Å². The molecule has 1 saturated heterocycles. The van der Waals surface area contributed by atoms with Crippen molar-refractivity contribution in [3.05, 3.63) is 62.9 Å². The number of halogens is 1. The molecule has 1 aliphatic heterocycles. The van der Waals surface area contributed by atoms with E-state index in [0.717, 1.165) is 23.1 Å². The summed E-state index contributed by atoms with van der Waals surface area (Å²) in [5, 5.41) is 9.15. The SMILES string of the molecule is O=C(NC[C@H](c1cccs1)N1CCCCCC1)c1cc(-c2ccc(Br)cc2)on1. The molecule has 1 N–H and O–H groups in total. The number of rotatable bonds is 6. The summed E-state index contributed by atoms with van der Waals surface area (Å²) in [4.78, 5) is 16.5. The van der Waals surface area contributed by atoms with Gasteiger partial charge < -0.3 is 9.84 Å². The predicted octanol–water partition coefficient (Wildman–Crippen LogP) is 5.51. The second kappa shape index (κ2) is 9.69. The van der Waals surface area contributed by atoms with Gasteiger partial charge in [-0.3, -0.25) is 9.69 Å². The fraction of sp³-hybridized carbons (Fsp3) is 0.364. The second-order valence-electron chi connectivity index (χ2n) is 7.27. The Hall–Kier alpha value is -1.96. The van der Waals surface area contributed by atoms with Gasteiger partial charge in [0.05, 0.1) is 6.04 Å². The molecule has 2 aromatic heterocycles. The van der Waals surface area contributed by atoms with E-state index < -0.39 is 0 Å². The fourth-order valence-corrected chi connectivity index (χ4v) is 4.83. The van der Waals surface area contributed by atoms with Gasteiger partial charge in [0.2, 0.25) is 0 Å². The molecule has 3 heterocycles. The summed E-state index contributed by atoms with van der Waals surface area (Å²) in [5.41, 5.74) is 1.20. The largest absolute Gasteiger partial charge is 0.355 e. The van der Waals surface area contributed by atoms with Crippen molar-refractivity contribution in [3.63, 3.8) is 0 Å². The third-order valence-electron chi connectivity index (χ3n) is 5.28. The molecule has 0 spiro atoms. The molecule has 1 aromatic carbocycles. The van der Waals surface area contributed by atoms with E-state index in [1.807, 2.05) is 24.3 Å². The molecule has 0 radical (unpaired) electrons. The van der Waals surface area contributed by atoms with Crippen LogP contribution in [-0.4, -0.2) is 35.6 Å². The van der Waals surface area contributed by atoms with E-state index >= 15 is 0 Å². The zero-order chi connectivity index (χ0) is 20.1. The van der Waals surface area contributed by atoms with Crippen molar-refractivity contribution >= 4 is 33.2 Å². The van der Waals surface area contributed by atoms with Crippen molar-refractivity contribution in [2.45, 2.75) is 31.7 Å². The lowest BCUT2D eigenvalue weighted by Gasteiger charge is -2.30. The van der Waals surface area contributed by atoms with E-state index in [4.69, 9.17) is 4.52 Å². The van der Waals surface area contributed by atoms with Gasteiger partial charge in [-0.25, -0.2) is 0 Å². The number of carbonyl (C=O) groups is 1. The summed E-state index contributed by atoms with van der Waals surface area (Å²) in [6, 6.07) is 13.9. The Morgan fingerprint density at radius 3 is 2.62 bits per heavy atom. The van der Waals surface area contributed by atoms with Crippen molar-refractivity contribution in [3.8, 4) is 11.3 Å². The van der Waals surface area contributed by atoms with Crippen LogP contribution >= 0.6 is 27.3 Å². The highest BCUT2D eigenvalue weighted by molar-refractivity contribution is 9.10. The molecule has 0 saturated carbocycles. The van der Waals surface area contributed by atoms with Crippen LogP contribution < -0.4 is 5.32 Å². The molecule has 3 aromatic rings. The highest BCUT2D eigenvalue weighted by atomic mass is 79.9. The van der Waals surface area contributed by atoms with Crippen molar-refractivity contribution in [1.82, 2.24) is 15.4 Å². The van der Waals surface area contributed by atoms with E-state index in [1.165, 1.54) is 30.6 Å². The molecule has 29 heavy (non-hydrogen) atoms. The molecule has 1 aliphatic rings. The fourth-order valence-electron chi connectivity index (χ4n) is 3.71. The molecule has 0 unspecified atom stereocenters. The first kappa shape index (κ1) is 20.3. The Labute approximate surface area is 183 Å². The van der Waals surface area contributed by atoms with Crippen LogP contribution in [0.4, 0.5) is 0 Å². The molecule has 1 atom stereocenters. The lowest BCUT2D eigenvalue weighted by atomic mass is 10.1. The first-order chi connectivity index (χ1) is 14.2. The van der Waals surface area contributed by atoms with Crippen LogP contribution in [0.2, 0.25) is 0 Å². The third-order valence-corrected chi connectivity index (χ3v) is 6.78. The number of aromatic nitrogens is 1. The summed E-state index contributed by atoms with van der Waals surface area (Å²) in [5.74, 6) is 0.387. The van der Waals surface area contributed by atoms with Gasteiger partial charge in [0.25, 0.3) is 5.91 Å². The molecule has 0 aliphatic carbocycles. The zero-order valence-electron chi connectivity index (χ0n) is 16.1. The Morgan fingerprint density at radius 2 is 1.93 bits per heavy atom. The average Bonchev–Trinajstić information content (AvgIpc) is 3.37. The summed E-state index contributed by atoms with van der Waals surface area (Å²) in [6.45, 7) is 2.73. The smallest absolute Gasteiger partial charge is 0.273 e. The maximum Gasteiger partial charge on any atom is 0.273 e. The predicted molar refractivity (Wildman–Crippen MR) is 119 cm³/mol. The van der Waals surface area contributed by atoms with Crippen molar-refractivity contribution < 1.29 is 9.32 Å². The number of nitrogens with one attached hydrogen (secondary N) is 1. The lowest BCUT2D eigenvalue weighted by molar-refractivity contribution is 0.0925. The Bertz CT molecular complexity index is 916.